The smallest absolute Gasteiger partial charge is 0.224 e. The van der Waals surface area contributed by atoms with Crippen LogP contribution in [0.25, 0.3) is 5.69 Å². The zero-order valence-electron chi connectivity index (χ0n) is 16.3. The molecular formula is C19H27N5O3S. The summed E-state index contributed by atoms with van der Waals surface area (Å²) in [4.78, 5) is 16.6. The van der Waals surface area contributed by atoms with Crippen molar-refractivity contribution in [2.45, 2.75) is 39.2 Å². The van der Waals surface area contributed by atoms with Gasteiger partial charge in [-0.15, -0.1) is 0 Å². The lowest BCUT2D eigenvalue weighted by Crippen LogP contribution is -2.46. The number of nitrogens with zero attached hydrogens (tertiary/aromatic N) is 4. The normalized spacial score (nSPS) is 19.3. The predicted molar refractivity (Wildman–Crippen MR) is 106 cm³/mol. The summed E-state index contributed by atoms with van der Waals surface area (Å²) < 4.78 is 27.8. The van der Waals surface area contributed by atoms with Crippen molar-refractivity contribution in [3.8, 4) is 5.69 Å². The highest BCUT2D eigenvalue weighted by Gasteiger charge is 2.32. The fourth-order valence-corrected chi connectivity index (χ4v) is 5.06. The van der Waals surface area contributed by atoms with Crippen LogP contribution in [0, 0.1) is 5.92 Å². The lowest BCUT2D eigenvalue weighted by atomic mass is 9.98. The third-order valence-electron chi connectivity index (χ3n) is 5.05. The van der Waals surface area contributed by atoms with Gasteiger partial charge >= 0.3 is 0 Å². The van der Waals surface area contributed by atoms with Gasteiger partial charge in [-0.1, -0.05) is 19.1 Å². The maximum absolute atomic E-state index is 12.7. The quantitative estimate of drug-likeness (QED) is 0.759. The molecule has 0 saturated carbocycles. The Morgan fingerprint density at radius 3 is 2.71 bits per heavy atom. The minimum absolute atomic E-state index is 0.0933. The molecule has 0 radical (unpaired) electrons. The van der Waals surface area contributed by atoms with E-state index in [0.29, 0.717) is 25.8 Å². The third-order valence-corrected chi connectivity index (χ3v) is 7.09. The zero-order valence-corrected chi connectivity index (χ0v) is 17.1. The standard InChI is InChI=1S/C19H27N5O3S/c1-3-11-28(26,27)23-10-4-5-17(12-23)19(25)22-15(2)16-6-8-18(9-7-16)24-14-20-13-21-24/h6-9,13-15,17H,3-5,10-12H2,1-2H3,(H,22,25). The Bertz CT molecular complexity index is 881. The molecule has 2 heterocycles. The van der Waals surface area contributed by atoms with Gasteiger partial charge in [0.25, 0.3) is 0 Å². The topological polar surface area (TPSA) is 97.2 Å². The fraction of sp³-hybridized carbons (Fsp3) is 0.526. The Morgan fingerprint density at radius 2 is 2.07 bits per heavy atom. The van der Waals surface area contributed by atoms with E-state index in [1.54, 1.807) is 11.0 Å². The summed E-state index contributed by atoms with van der Waals surface area (Å²) >= 11 is 0. The SMILES string of the molecule is CCCS(=O)(=O)N1CCCC(C(=O)NC(C)c2ccc(-n3cncn3)cc2)C1. The summed E-state index contributed by atoms with van der Waals surface area (Å²) in [5, 5.41) is 7.12. The zero-order chi connectivity index (χ0) is 20.1. The minimum Gasteiger partial charge on any atom is -0.349 e. The van der Waals surface area contributed by atoms with E-state index < -0.39 is 10.0 Å². The molecule has 0 bridgehead atoms. The Balaban J connectivity index is 1.60. The lowest BCUT2D eigenvalue weighted by molar-refractivity contribution is -0.126. The van der Waals surface area contributed by atoms with Crippen molar-refractivity contribution >= 4 is 15.9 Å². The fourth-order valence-electron chi connectivity index (χ4n) is 3.47. The average molecular weight is 406 g/mol. The van der Waals surface area contributed by atoms with Gasteiger partial charge in [-0.25, -0.2) is 22.4 Å². The first-order valence-corrected chi connectivity index (χ1v) is 11.2. The summed E-state index contributed by atoms with van der Waals surface area (Å²) in [5.74, 6) is -0.267. The van der Waals surface area contributed by atoms with Crippen LogP contribution in [0.4, 0.5) is 0 Å². The van der Waals surface area contributed by atoms with Gasteiger partial charge in [-0.3, -0.25) is 4.79 Å². The van der Waals surface area contributed by atoms with Crippen LogP contribution in [-0.4, -0.2) is 52.2 Å². The van der Waals surface area contributed by atoms with Crippen LogP contribution < -0.4 is 5.32 Å². The maximum Gasteiger partial charge on any atom is 0.224 e. The lowest BCUT2D eigenvalue weighted by Gasteiger charge is -2.31. The number of rotatable bonds is 7. The molecule has 1 fully saturated rings. The molecule has 1 aliphatic heterocycles. The van der Waals surface area contributed by atoms with Crippen molar-refractivity contribution in [2.24, 2.45) is 5.92 Å². The number of hydrogen-bond acceptors (Lipinski definition) is 5. The molecule has 2 atom stereocenters. The van der Waals surface area contributed by atoms with Crippen LogP contribution in [0.15, 0.2) is 36.9 Å². The molecule has 3 rings (SSSR count). The van der Waals surface area contributed by atoms with Crippen LogP contribution >= 0.6 is 0 Å². The van der Waals surface area contributed by atoms with Gasteiger partial charge in [0, 0.05) is 13.1 Å². The third kappa shape index (κ3) is 4.77. The molecule has 1 saturated heterocycles. The summed E-state index contributed by atoms with van der Waals surface area (Å²) in [6.45, 7) is 4.55. The first kappa shape index (κ1) is 20.5. The van der Waals surface area contributed by atoms with Crippen molar-refractivity contribution in [1.29, 1.82) is 0 Å². The van der Waals surface area contributed by atoms with Crippen LogP contribution in [0.3, 0.4) is 0 Å². The van der Waals surface area contributed by atoms with Gasteiger partial charge in [0.05, 0.1) is 23.4 Å². The number of sulfonamides is 1. The van der Waals surface area contributed by atoms with Gasteiger partial charge < -0.3 is 5.32 Å². The van der Waals surface area contributed by atoms with Crippen LogP contribution in [-0.2, 0) is 14.8 Å². The summed E-state index contributed by atoms with van der Waals surface area (Å²) in [6.07, 6.45) is 5.10. The number of nitrogens with one attached hydrogen (secondary N) is 1. The molecule has 1 aliphatic rings. The molecule has 1 N–H and O–H groups in total. The van der Waals surface area contributed by atoms with E-state index in [0.717, 1.165) is 11.3 Å². The van der Waals surface area contributed by atoms with Crippen molar-refractivity contribution in [3.05, 3.63) is 42.5 Å². The second-order valence-electron chi connectivity index (χ2n) is 7.18. The van der Waals surface area contributed by atoms with E-state index in [1.165, 1.54) is 10.6 Å². The number of aromatic nitrogens is 3. The van der Waals surface area contributed by atoms with Crippen LogP contribution in [0.2, 0.25) is 0 Å². The van der Waals surface area contributed by atoms with E-state index in [9.17, 15) is 13.2 Å². The van der Waals surface area contributed by atoms with Gasteiger partial charge in [0.15, 0.2) is 0 Å². The van der Waals surface area contributed by atoms with E-state index in [4.69, 9.17) is 0 Å². The molecule has 2 aromatic rings. The second-order valence-corrected chi connectivity index (χ2v) is 9.26. The number of piperidine rings is 1. The molecule has 1 aromatic heterocycles. The Hall–Kier alpha value is -2.26. The van der Waals surface area contributed by atoms with Crippen LogP contribution in [0.5, 0.6) is 0 Å². The highest BCUT2D eigenvalue weighted by Crippen LogP contribution is 2.22. The molecule has 0 spiro atoms. The molecule has 9 heteroatoms. The molecular weight excluding hydrogens is 378 g/mol. The van der Waals surface area contributed by atoms with Crippen LogP contribution in [0.1, 0.15) is 44.7 Å². The van der Waals surface area contributed by atoms with E-state index in [-0.39, 0.29) is 30.2 Å². The van der Waals surface area contributed by atoms with Crippen molar-refractivity contribution in [1.82, 2.24) is 24.4 Å². The number of carbonyl (C=O) groups is 1. The van der Waals surface area contributed by atoms with Gasteiger partial charge in [-0.2, -0.15) is 5.10 Å². The highest BCUT2D eigenvalue weighted by atomic mass is 32.2. The first-order chi connectivity index (χ1) is 13.4. The van der Waals surface area contributed by atoms with Gasteiger partial charge in [-0.05, 0) is 43.9 Å². The van der Waals surface area contributed by atoms with E-state index >= 15 is 0 Å². The predicted octanol–water partition coefficient (Wildman–Crippen LogP) is 1.90. The van der Waals surface area contributed by atoms with Gasteiger partial charge in [0.2, 0.25) is 15.9 Å². The van der Waals surface area contributed by atoms with E-state index in [2.05, 4.69) is 15.4 Å². The number of amides is 1. The molecule has 2 unspecified atom stereocenters. The molecule has 1 amide bonds. The molecule has 28 heavy (non-hydrogen) atoms. The summed E-state index contributed by atoms with van der Waals surface area (Å²) in [7, 11) is -3.27. The highest BCUT2D eigenvalue weighted by molar-refractivity contribution is 7.89. The largest absolute Gasteiger partial charge is 0.349 e. The van der Waals surface area contributed by atoms with Crippen molar-refractivity contribution < 1.29 is 13.2 Å². The number of carbonyl (C=O) groups excluding carboxylic acids is 1. The van der Waals surface area contributed by atoms with Crippen molar-refractivity contribution in [2.75, 3.05) is 18.8 Å². The second kappa shape index (κ2) is 8.83. The maximum atomic E-state index is 12.7. The summed E-state index contributed by atoms with van der Waals surface area (Å²) in [6, 6.07) is 7.57. The number of benzene rings is 1. The Labute approximate surface area is 166 Å². The Kier molecular flexibility index (Phi) is 6.46. The minimum atomic E-state index is -3.27. The average Bonchev–Trinajstić information content (AvgIpc) is 3.23. The summed E-state index contributed by atoms with van der Waals surface area (Å²) in [5.41, 5.74) is 1.87. The molecule has 1 aromatic carbocycles. The first-order valence-electron chi connectivity index (χ1n) is 9.64. The molecule has 8 nitrogen and oxygen atoms in total. The molecule has 152 valence electrons. The van der Waals surface area contributed by atoms with Gasteiger partial charge in [0.1, 0.15) is 12.7 Å². The van der Waals surface area contributed by atoms with E-state index in [1.807, 2.05) is 38.1 Å². The number of hydrogen-bond donors (Lipinski definition) is 1. The Morgan fingerprint density at radius 1 is 1.32 bits per heavy atom. The van der Waals surface area contributed by atoms with Crippen molar-refractivity contribution in [3.63, 3.8) is 0 Å². The monoisotopic (exact) mass is 405 g/mol. The molecule has 0 aliphatic carbocycles.